The van der Waals surface area contributed by atoms with E-state index in [0.29, 0.717) is 28.8 Å². The topological polar surface area (TPSA) is 82.3 Å². The van der Waals surface area contributed by atoms with Gasteiger partial charge in [0, 0.05) is 23.4 Å². The van der Waals surface area contributed by atoms with Gasteiger partial charge in [0.25, 0.3) is 0 Å². The zero-order valence-corrected chi connectivity index (χ0v) is 14.2. The number of carbonyl (C=O) groups is 1. The number of benzene rings is 1. The lowest BCUT2D eigenvalue weighted by atomic mass is 9.75. The quantitative estimate of drug-likeness (QED) is 0.857. The van der Waals surface area contributed by atoms with E-state index in [4.69, 9.17) is 16.3 Å². The predicted octanol–water partition coefficient (Wildman–Crippen LogP) is 3.55. The number of phenolic OH excluding ortho intramolecular Hbond substituents is 1. The van der Waals surface area contributed by atoms with Crippen LogP contribution in [0.5, 0.6) is 11.5 Å². The predicted molar refractivity (Wildman–Crippen MR) is 89.7 cm³/mol. The molecule has 0 spiro atoms. The Morgan fingerprint density at radius 1 is 1.42 bits per heavy atom. The Morgan fingerprint density at radius 3 is 2.83 bits per heavy atom. The number of rotatable bonds is 2. The van der Waals surface area contributed by atoms with E-state index in [-0.39, 0.29) is 22.3 Å². The highest BCUT2D eigenvalue weighted by atomic mass is 35.5. The largest absolute Gasteiger partial charge is 0.503 e. The number of nitrogens with zero attached hydrogens (tertiary/aromatic N) is 1. The number of carbonyl (C=O) groups excluding carboxylic acids is 1. The first-order valence-corrected chi connectivity index (χ1v) is 8.06. The van der Waals surface area contributed by atoms with Crippen LogP contribution in [0.1, 0.15) is 37.7 Å². The lowest BCUT2D eigenvalue weighted by molar-refractivity contribution is -0.116. The van der Waals surface area contributed by atoms with Crippen LogP contribution in [0.25, 0.3) is 0 Å². The molecule has 0 unspecified atom stereocenters. The maximum atomic E-state index is 12.5. The molecule has 0 aromatic heterocycles. The van der Waals surface area contributed by atoms with E-state index in [1.807, 2.05) is 6.92 Å². The third-order valence-electron chi connectivity index (χ3n) is 4.54. The number of ketones is 1. The molecular weight excluding hydrogens is 328 g/mol. The minimum Gasteiger partial charge on any atom is -0.503 e. The van der Waals surface area contributed by atoms with Crippen LogP contribution in [0.4, 0.5) is 0 Å². The smallest absolute Gasteiger partial charge is 0.177 e. The number of halogens is 1. The highest BCUT2D eigenvalue weighted by Gasteiger charge is 2.37. The van der Waals surface area contributed by atoms with Gasteiger partial charge in [-0.3, -0.25) is 4.79 Å². The van der Waals surface area contributed by atoms with E-state index in [1.54, 1.807) is 12.1 Å². The molecule has 0 saturated heterocycles. The summed E-state index contributed by atoms with van der Waals surface area (Å²) in [6.45, 7) is 1.81. The summed E-state index contributed by atoms with van der Waals surface area (Å²) in [6, 6.07) is 5.49. The molecule has 1 aromatic carbocycles. The van der Waals surface area contributed by atoms with E-state index in [1.165, 1.54) is 7.11 Å². The van der Waals surface area contributed by atoms with Gasteiger partial charge >= 0.3 is 0 Å². The fraction of sp³-hybridized carbons (Fsp3) is 0.333. The number of nitriles is 1. The van der Waals surface area contributed by atoms with E-state index < -0.39 is 5.92 Å². The Kier molecular flexibility index (Phi) is 4.25. The third-order valence-corrected chi connectivity index (χ3v) is 4.93. The lowest BCUT2D eigenvalue weighted by Crippen LogP contribution is -2.31. The van der Waals surface area contributed by atoms with Gasteiger partial charge in [-0.15, -0.1) is 0 Å². The Balaban J connectivity index is 2.24. The first-order chi connectivity index (χ1) is 11.5. The first kappa shape index (κ1) is 16.4. The van der Waals surface area contributed by atoms with E-state index in [9.17, 15) is 15.2 Å². The van der Waals surface area contributed by atoms with Crippen LogP contribution in [0.3, 0.4) is 0 Å². The molecule has 124 valence electrons. The van der Waals surface area contributed by atoms with Gasteiger partial charge in [0.2, 0.25) is 0 Å². The normalized spacial score (nSPS) is 20.4. The van der Waals surface area contributed by atoms with E-state index in [0.717, 1.165) is 18.5 Å². The maximum Gasteiger partial charge on any atom is 0.177 e. The van der Waals surface area contributed by atoms with Gasteiger partial charge in [0.15, 0.2) is 17.3 Å². The Hall–Kier alpha value is -2.45. The van der Waals surface area contributed by atoms with Crippen molar-refractivity contribution in [3.63, 3.8) is 0 Å². The minimum absolute atomic E-state index is 0.0142. The lowest BCUT2D eigenvalue weighted by Gasteiger charge is -2.33. The van der Waals surface area contributed by atoms with Gasteiger partial charge in [-0.1, -0.05) is 17.7 Å². The summed E-state index contributed by atoms with van der Waals surface area (Å²) in [5.41, 5.74) is 3.11. The molecule has 0 saturated carbocycles. The number of hydrogen-bond donors (Lipinski definition) is 2. The third kappa shape index (κ3) is 2.44. The van der Waals surface area contributed by atoms with Gasteiger partial charge in [-0.2, -0.15) is 5.26 Å². The van der Waals surface area contributed by atoms with Gasteiger partial charge in [0.1, 0.15) is 0 Å². The van der Waals surface area contributed by atoms with Gasteiger partial charge in [-0.05, 0) is 31.4 Å². The van der Waals surface area contributed by atoms with Crippen molar-refractivity contribution in [2.75, 3.05) is 7.11 Å². The molecule has 2 aliphatic rings. The van der Waals surface area contributed by atoms with Crippen molar-refractivity contribution < 1.29 is 14.6 Å². The van der Waals surface area contributed by atoms with Crippen molar-refractivity contribution in [2.45, 2.75) is 32.1 Å². The molecule has 0 amide bonds. The highest BCUT2D eigenvalue weighted by Crippen LogP contribution is 2.47. The van der Waals surface area contributed by atoms with Crippen molar-refractivity contribution in [1.29, 1.82) is 5.26 Å². The molecule has 1 aromatic rings. The standard InChI is InChI=1S/C18H17ClN2O3/c1-9-11(8-20)15(16-12(21-9)4-3-5-13(16)22)10-6-7-14(24-2)18(23)17(10)19/h6-7,15,21,23H,3-5H2,1-2H3/t15-/m1/s1. The molecule has 1 aliphatic heterocycles. The molecule has 24 heavy (non-hydrogen) atoms. The molecule has 5 nitrogen and oxygen atoms in total. The number of phenols is 1. The van der Waals surface area contributed by atoms with Crippen molar-refractivity contribution in [3.8, 4) is 17.6 Å². The fourth-order valence-corrected chi connectivity index (χ4v) is 3.66. The van der Waals surface area contributed by atoms with Crippen molar-refractivity contribution >= 4 is 17.4 Å². The number of ether oxygens (including phenoxy) is 1. The summed E-state index contributed by atoms with van der Waals surface area (Å²) >= 11 is 6.34. The summed E-state index contributed by atoms with van der Waals surface area (Å²) in [4.78, 5) is 12.5. The summed E-state index contributed by atoms with van der Waals surface area (Å²) < 4.78 is 5.07. The molecule has 1 aliphatic carbocycles. The Bertz CT molecular complexity index is 833. The first-order valence-electron chi connectivity index (χ1n) is 7.69. The van der Waals surface area contributed by atoms with Crippen LogP contribution >= 0.6 is 11.6 Å². The second-order valence-electron chi connectivity index (χ2n) is 5.90. The zero-order chi connectivity index (χ0) is 17.4. The molecule has 1 heterocycles. The van der Waals surface area contributed by atoms with Gasteiger partial charge in [-0.25, -0.2) is 0 Å². The minimum atomic E-state index is -0.566. The number of hydrogen-bond acceptors (Lipinski definition) is 5. The van der Waals surface area contributed by atoms with E-state index >= 15 is 0 Å². The summed E-state index contributed by atoms with van der Waals surface area (Å²) in [7, 11) is 1.44. The zero-order valence-electron chi connectivity index (χ0n) is 13.4. The molecule has 2 N–H and O–H groups in total. The van der Waals surface area contributed by atoms with Crippen LogP contribution < -0.4 is 10.1 Å². The number of Topliss-reactive ketones (excluding diaryl/α,β-unsaturated/α-hetero) is 1. The van der Waals surface area contributed by atoms with Crippen molar-refractivity contribution in [1.82, 2.24) is 5.32 Å². The number of aromatic hydroxyl groups is 1. The molecular formula is C18H17ClN2O3. The van der Waals surface area contributed by atoms with Crippen LogP contribution in [0.2, 0.25) is 5.02 Å². The highest BCUT2D eigenvalue weighted by molar-refractivity contribution is 6.33. The molecule has 6 heteroatoms. The summed E-state index contributed by atoms with van der Waals surface area (Å²) in [5.74, 6) is -0.486. The number of methoxy groups -OCH3 is 1. The van der Waals surface area contributed by atoms with Crippen molar-refractivity contribution in [3.05, 3.63) is 45.3 Å². The van der Waals surface area contributed by atoms with Gasteiger partial charge in [0.05, 0.1) is 29.7 Å². The molecule has 0 bridgehead atoms. The molecule has 0 fully saturated rings. The second kappa shape index (κ2) is 6.21. The number of allylic oxidation sites excluding steroid dienone is 4. The monoisotopic (exact) mass is 344 g/mol. The molecule has 0 radical (unpaired) electrons. The average molecular weight is 345 g/mol. The number of dihydropyridines is 1. The van der Waals surface area contributed by atoms with Gasteiger partial charge < -0.3 is 15.2 Å². The van der Waals surface area contributed by atoms with E-state index in [2.05, 4.69) is 11.4 Å². The van der Waals surface area contributed by atoms with Crippen LogP contribution in [-0.2, 0) is 4.79 Å². The molecule has 3 rings (SSSR count). The molecule has 1 atom stereocenters. The second-order valence-corrected chi connectivity index (χ2v) is 6.28. The Morgan fingerprint density at radius 2 is 2.17 bits per heavy atom. The Labute approximate surface area is 145 Å². The summed E-state index contributed by atoms with van der Waals surface area (Å²) in [6.07, 6.45) is 2.00. The average Bonchev–Trinajstić information content (AvgIpc) is 2.56. The number of nitrogens with one attached hydrogen (secondary N) is 1. The summed E-state index contributed by atoms with van der Waals surface area (Å²) in [5, 5.41) is 23.1. The van der Waals surface area contributed by atoms with Crippen LogP contribution in [0.15, 0.2) is 34.7 Å². The van der Waals surface area contributed by atoms with Crippen LogP contribution in [-0.4, -0.2) is 18.0 Å². The SMILES string of the molecule is COc1ccc([C@@H]2C(C#N)=C(C)NC3=C2C(=O)CCC3)c(Cl)c1O. The van der Waals surface area contributed by atoms with Crippen molar-refractivity contribution in [2.24, 2.45) is 0 Å². The fourth-order valence-electron chi connectivity index (χ4n) is 3.39. The maximum absolute atomic E-state index is 12.5. The van der Waals surface area contributed by atoms with Crippen LogP contribution in [0, 0.1) is 11.3 Å².